The van der Waals surface area contributed by atoms with Gasteiger partial charge in [-0.05, 0) is 35.9 Å². The van der Waals surface area contributed by atoms with E-state index < -0.39 is 0 Å². The lowest BCUT2D eigenvalue weighted by Gasteiger charge is -2.07. The van der Waals surface area contributed by atoms with Gasteiger partial charge in [-0.1, -0.05) is 30.0 Å². The van der Waals surface area contributed by atoms with Crippen LogP contribution < -0.4 is 9.47 Å². The average molecular weight is 282 g/mol. The molecule has 0 saturated carbocycles. The summed E-state index contributed by atoms with van der Waals surface area (Å²) in [6.45, 7) is 0.582. The van der Waals surface area contributed by atoms with Crippen LogP contribution in [-0.4, -0.2) is 18.8 Å². The van der Waals surface area contributed by atoms with Crippen molar-refractivity contribution in [2.45, 2.75) is 13.0 Å². The Kier molecular flexibility index (Phi) is 5.69. The van der Waals surface area contributed by atoms with E-state index in [-0.39, 0.29) is 6.61 Å². The van der Waals surface area contributed by atoms with Gasteiger partial charge in [-0.2, -0.15) is 0 Å². The molecule has 2 aromatic carbocycles. The van der Waals surface area contributed by atoms with Crippen molar-refractivity contribution in [1.82, 2.24) is 0 Å². The number of rotatable bonds is 5. The van der Waals surface area contributed by atoms with E-state index in [1.165, 1.54) is 0 Å². The zero-order valence-electron chi connectivity index (χ0n) is 12.0. The van der Waals surface area contributed by atoms with Crippen molar-refractivity contribution >= 4 is 0 Å². The summed E-state index contributed by atoms with van der Waals surface area (Å²) in [7, 11) is 1.65. The van der Waals surface area contributed by atoms with Gasteiger partial charge in [0.2, 0.25) is 0 Å². The van der Waals surface area contributed by atoms with Crippen molar-refractivity contribution in [3.63, 3.8) is 0 Å². The number of hydrogen-bond acceptors (Lipinski definition) is 3. The quantitative estimate of drug-likeness (QED) is 0.857. The minimum Gasteiger partial charge on any atom is -0.497 e. The smallest absolute Gasteiger partial charge is 0.121 e. The molecule has 0 fully saturated rings. The molecule has 1 N–H and O–H groups in total. The average Bonchev–Trinajstić information content (AvgIpc) is 2.54. The van der Waals surface area contributed by atoms with E-state index >= 15 is 0 Å². The van der Waals surface area contributed by atoms with Crippen LogP contribution in [0.25, 0.3) is 0 Å². The van der Waals surface area contributed by atoms with Crippen molar-refractivity contribution in [1.29, 1.82) is 0 Å². The Balaban J connectivity index is 1.96. The van der Waals surface area contributed by atoms with Crippen molar-refractivity contribution in [3.8, 4) is 23.3 Å². The maximum atomic E-state index is 8.71. The summed E-state index contributed by atoms with van der Waals surface area (Å²) in [6, 6.07) is 15.4. The third-order valence-electron chi connectivity index (χ3n) is 2.87. The van der Waals surface area contributed by atoms with E-state index in [0.717, 1.165) is 22.6 Å². The first-order valence-corrected chi connectivity index (χ1v) is 6.77. The predicted molar refractivity (Wildman–Crippen MR) is 82.3 cm³/mol. The van der Waals surface area contributed by atoms with Crippen LogP contribution in [0.3, 0.4) is 0 Å². The van der Waals surface area contributed by atoms with Crippen LogP contribution in [0, 0.1) is 11.8 Å². The van der Waals surface area contributed by atoms with Gasteiger partial charge in [0.25, 0.3) is 0 Å². The molecule has 0 radical (unpaired) electrons. The number of methoxy groups -OCH3 is 1. The van der Waals surface area contributed by atoms with Crippen LogP contribution in [0.4, 0.5) is 0 Å². The van der Waals surface area contributed by atoms with E-state index in [0.29, 0.717) is 13.0 Å². The Morgan fingerprint density at radius 1 is 1.05 bits per heavy atom. The van der Waals surface area contributed by atoms with Crippen molar-refractivity contribution < 1.29 is 14.6 Å². The fourth-order valence-electron chi connectivity index (χ4n) is 1.77. The van der Waals surface area contributed by atoms with Gasteiger partial charge in [-0.15, -0.1) is 0 Å². The van der Waals surface area contributed by atoms with Crippen molar-refractivity contribution in [2.24, 2.45) is 0 Å². The highest BCUT2D eigenvalue weighted by Gasteiger charge is 1.98. The minimum atomic E-state index is 0.0840. The van der Waals surface area contributed by atoms with Gasteiger partial charge in [0.1, 0.15) is 18.1 Å². The van der Waals surface area contributed by atoms with Gasteiger partial charge in [-0.25, -0.2) is 0 Å². The molecule has 0 atom stereocenters. The topological polar surface area (TPSA) is 38.7 Å². The van der Waals surface area contributed by atoms with Crippen LogP contribution in [0.1, 0.15) is 17.5 Å². The molecular weight excluding hydrogens is 264 g/mol. The number of hydrogen-bond donors (Lipinski definition) is 1. The highest BCUT2D eigenvalue weighted by atomic mass is 16.5. The second-order valence-electron chi connectivity index (χ2n) is 4.44. The van der Waals surface area contributed by atoms with Crippen molar-refractivity contribution in [2.75, 3.05) is 13.7 Å². The Morgan fingerprint density at radius 2 is 1.86 bits per heavy atom. The summed E-state index contributed by atoms with van der Waals surface area (Å²) >= 11 is 0. The second kappa shape index (κ2) is 7.98. The summed E-state index contributed by atoms with van der Waals surface area (Å²) in [6.07, 6.45) is 0.483. The molecule has 2 aromatic rings. The molecule has 0 saturated heterocycles. The zero-order valence-corrected chi connectivity index (χ0v) is 12.0. The van der Waals surface area contributed by atoms with E-state index in [9.17, 15) is 0 Å². The first kappa shape index (κ1) is 15.0. The highest BCUT2D eigenvalue weighted by Crippen LogP contribution is 2.16. The molecule has 0 unspecified atom stereocenters. The maximum absolute atomic E-state index is 8.71. The van der Waals surface area contributed by atoms with Gasteiger partial charge in [0.05, 0.1) is 13.7 Å². The molecule has 0 aliphatic carbocycles. The van der Waals surface area contributed by atoms with Crippen LogP contribution in [0.2, 0.25) is 0 Å². The van der Waals surface area contributed by atoms with Gasteiger partial charge < -0.3 is 14.6 Å². The van der Waals surface area contributed by atoms with Gasteiger partial charge in [0.15, 0.2) is 0 Å². The fraction of sp³-hybridized carbons (Fsp3) is 0.222. The van der Waals surface area contributed by atoms with Crippen LogP contribution in [0.5, 0.6) is 11.5 Å². The molecule has 0 aliphatic rings. The first-order chi connectivity index (χ1) is 10.3. The van der Waals surface area contributed by atoms with Crippen LogP contribution >= 0.6 is 0 Å². The first-order valence-electron chi connectivity index (χ1n) is 6.77. The predicted octanol–water partition coefficient (Wildman–Crippen LogP) is 3.01. The molecule has 21 heavy (non-hydrogen) atoms. The summed E-state index contributed by atoms with van der Waals surface area (Å²) < 4.78 is 10.9. The van der Waals surface area contributed by atoms with E-state index in [4.69, 9.17) is 14.6 Å². The fourth-order valence-corrected chi connectivity index (χ4v) is 1.77. The lowest BCUT2D eigenvalue weighted by Crippen LogP contribution is -1.95. The molecule has 0 aromatic heterocycles. The Hall–Kier alpha value is -2.44. The van der Waals surface area contributed by atoms with Gasteiger partial charge in [0, 0.05) is 12.0 Å². The molecule has 0 bridgehead atoms. The number of ether oxygens (including phenoxy) is 2. The highest BCUT2D eigenvalue weighted by molar-refractivity contribution is 5.40. The minimum absolute atomic E-state index is 0.0840. The van der Waals surface area contributed by atoms with Gasteiger partial charge in [-0.3, -0.25) is 0 Å². The number of aliphatic hydroxyl groups is 1. The van der Waals surface area contributed by atoms with Crippen LogP contribution in [0.15, 0.2) is 48.5 Å². The van der Waals surface area contributed by atoms with E-state index in [1.54, 1.807) is 7.11 Å². The Bertz CT molecular complexity index is 621. The summed E-state index contributed by atoms with van der Waals surface area (Å²) in [5, 5.41) is 8.71. The van der Waals surface area contributed by atoms with Crippen LogP contribution in [-0.2, 0) is 6.61 Å². The Morgan fingerprint density at radius 3 is 2.57 bits per heavy atom. The number of benzene rings is 2. The molecular formula is C18H18O3. The van der Waals surface area contributed by atoms with Crippen molar-refractivity contribution in [3.05, 3.63) is 59.7 Å². The summed E-state index contributed by atoms with van der Waals surface area (Å²) in [5.74, 6) is 7.50. The molecule has 3 nitrogen and oxygen atoms in total. The van der Waals surface area contributed by atoms with E-state index in [1.807, 2.05) is 48.5 Å². The lowest BCUT2D eigenvalue weighted by molar-refractivity contribution is 0.305. The molecule has 0 amide bonds. The summed E-state index contributed by atoms with van der Waals surface area (Å²) in [5.41, 5.74) is 1.96. The standard InChI is InChI=1S/C18H18O3/c1-20-17-10-8-16(9-11-17)14-21-18-7-4-6-15(13-18)5-2-3-12-19/h4,6-11,13,19H,3,12,14H2,1H3. The SMILES string of the molecule is COc1ccc(COc2cccc(C#CCCO)c2)cc1. The summed E-state index contributed by atoms with van der Waals surface area (Å²) in [4.78, 5) is 0. The molecule has 2 rings (SSSR count). The van der Waals surface area contributed by atoms with Gasteiger partial charge >= 0.3 is 0 Å². The molecule has 3 heteroatoms. The lowest BCUT2D eigenvalue weighted by atomic mass is 10.2. The maximum Gasteiger partial charge on any atom is 0.121 e. The molecule has 108 valence electrons. The molecule has 0 heterocycles. The zero-order chi connectivity index (χ0) is 14.9. The Labute approximate surface area is 125 Å². The van der Waals surface area contributed by atoms with E-state index in [2.05, 4.69) is 11.8 Å². The largest absolute Gasteiger partial charge is 0.497 e. The third kappa shape index (κ3) is 4.87. The normalized spacial score (nSPS) is 9.62. The molecule has 0 spiro atoms. The monoisotopic (exact) mass is 282 g/mol. The number of aliphatic hydroxyl groups excluding tert-OH is 1. The second-order valence-corrected chi connectivity index (χ2v) is 4.44. The molecule has 0 aliphatic heterocycles. The third-order valence-corrected chi connectivity index (χ3v) is 2.87.